The van der Waals surface area contributed by atoms with Crippen LogP contribution in [-0.4, -0.2) is 0 Å². The van der Waals surface area contributed by atoms with Crippen molar-refractivity contribution in [2.75, 3.05) is 0 Å². The van der Waals surface area contributed by atoms with Crippen molar-refractivity contribution in [2.45, 2.75) is 15.9 Å². The van der Waals surface area contributed by atoms with E-state index in [1.807, 2.05) is 0 Å². The minimum Gasteiger partial charge on any atom is -0.170 e. The lowest BCUT2D eigenvalue weighted by atomic mass is 9.67. The molecule has 6 aromatic carbocycles. The minimum atomic E-state index is -0.492. The summed E-state index contributed by atoms with van der Waals surface area (Å²) in [6, 6.07) is 48.1. The monoisotopic (exact) mass is 510 g/mol. The van der Waals surface area contributed by atoms with Gasteiger partial charge in [-0.15, -0.1) is 0 Å². The molecule has 0 bridgehead atoms. The molecule has 1 aliphatic carbocycles. The van der Waals surface area contributed by atoms with Gasteiger partial charge >= 0.3 is 0 Å². The number of rotatable bonds is 4. The van der Waals surface area contributed by atoms with Gasteiger partial charge in [0.1, 0.15) is 0 Å². The highest BCUT2D eigenvalue weighted by atomic mass is 32.1. The van der Waals surface area contributed by atoms with Crippen molar-refractivity contribution in [3.63, 3.8) is 0 Å². The highest BCUT2D eigenvalue weighted by molar-refractivity contribution is 7.81. The second-order valence-electron chi connectivity index (χ2n) is 9.90. The van der Waals surface area contributed by atoms with Gasteiger partial charge in [-0.3, -0.25) is 0 Å². The predicted molar refractivity (Wildman–Crippen MR) is 164 cm³/mol. The summed E-state index contributed by atoms with van der Waals surface area (Å²) in [5.74, 6) is 0. The molecule has 2 heteroatoms. The molecule has 0 radical (unpaired) electrons. The average Bonchev–Trinajstić information content (AvgIpc) is 3.27. The smallest absolute Gasteiger partial charge is 0.0528 e. The topological polar surface area (TPSA) is 0 Å². The van der Waals surface area contributed by atoms with Gasteiger partial charge in [-0.2, -0.15) is 25.3 Å². The van der Waals surface area contributed by atoms with E-state index < -0.39 is 5.41 Å². The Morgan fingerprint density at radius 3 is 1.27 bits per heavy atom. The third-order valence-electron chi connectivity index (χ3n) is 8.13. The van der Waals surface area contributed by atoms with E-state index >= 15 is 0 Å². The van der Waals surface area contributed by atoms with Crippen molar-refractivity contribution >= 4 is 46.8 Å². The summed E-state index contributed by atoms with van der Waals surface area (Å²) in [7, 11) is 0. The fourth-order valence-corrected chi connectivity index (χ4v) is 7.93. The molecule has 0 aliphatic heterocycles. The molecular formula is C35H26S2. The molecule has 0 heterocycles. The lowest BCUT2D eigenvalue weighted by molar-refractivity contribution is 0.507. The first-order valence-corrected chi connectivity index (χ1v) is 13.8. The molecule has 7 rings (SSSR count). The van der Waals surface area contributed by atoms with Crippen molar-refractivity contribution in [2.24, 2.45) is 0 Å². The zero-order valence-corrected chi connectivity index (χ0v) is 22.0. The Morgan fingerprint density at radius 1 is 0.405 bits per heavy atom. The molecule has 2 atom stereocenters. The summed E-state index contributed by atoms with van der Waals surface area (Å²) in [5, 5.41) is 4.67. The lowest BCUT2D eigenvalue weighted by Gasteiger charge is -2.43. The molecule has 0 amide bonds. The van der Waals surface area contributed by atoms with Gasteiger partial charge in [0.05, 0.1) is 5.41 Å². The SMILES string of the molecule is SC(c1cccc2ccccc12)C1(C(S)c2cccc3ccccc23)c2ccccc2-c2ccccc21. The van der Waals surface area contributed by atoms with Gasteiger partial charge in [-0.05, 0) is 54.9 Å². The van der Waals surface area contributed by atoms with Crippen molar-refractivity contribution in [1.29, 1.82) is 0 Å². The Labute approximate surface area is 228 Å². The van der Waals surface area contributed by atoms with E-state index in [2.05, 4.69) is 133 Å². The van der Waals surface area contributed by atoms with Crippen molar-refractivity contribution < 1.29 is 0 Å². The maximum atomic E-state index is 5.56. The molecule has 0 N–H and O–H groups in total. The number of benzene rings is 6. The van der Waals surface area contributed by atoms with E-state index in [9.17, 15) is 0 Å². The minimum absolute atomic E-state index is 0.134. The van der Waals surface area contributed by atoms with Crippen LogP contribution >= 0.6 is 25.3 Å². The first-order chi connectivity index (χ1) is 18.2. The van der Waals surface area contributed by atoms with Crippen LogP contribution in [0.15, 0.2) is 133 Å². The predicted octanol–water partition coefficient (Wildman–Crippen LogP) is 9.60. The Balaban J connectivity index is 1.59. The van der Waals surface area contributed by atoms with Gasteiger partial charge in [0.2, 0.25) is 0 Å². The Hall–Kier alpha value is -3.46. The third kappa shape index (κ3) is 3.26. The Bertz CT molecular complexity index is 1640. The summed E-state index contributed by atoms with van der Waals surface area (Å²) < 4.78 is 0. The van der Waals surface area contributed by atoms with Gasteiger partial charge < -0.3 is 0 Å². The normalized spacial score (nSPS) is 15.3. The van der Waals surface area contributed by atoms with Crippen LogP contribution in [0.1, 0.15) is 32.8 Å². The quantitative estimate of drug-likeness (QED) is 0.217. The van der Waals surface area contributed by atoms with Crippen molar-refractivity contribution in [3.05, 3.63) is 156 Å². The molecule has 1 aliphatic rings. The molecule has 6 aromatic rings. The first kappa shape index (κ1) is 22.7. The standard InChI is InChI=1S/C35H26S2/c36-33(29-19-9-13-23-11-1-3-15-25(23)29)35(34(37)30-20-10-14-24-12-2-4-16-26(24)30)31-21-7-5-17-27(31)28-18-6-8-22-32(28)35/h1-22,33-34,36-37H. The van der Waals surface area contributed by atoms with Crippen LogP contribution in [0.2, 0.25) is 0 Å². The highest BCUT2D eigenvalue weighted by Crippen LogP contribution is 2.64. The number of fused-ring (bicyclic) bond motifs is 5. The van der Waals surface area contributed by atoms with Crippen molar-refractivity contribution in [3.8, 4) is 11.1 Å². The van der Waals surface area contributed by atoms with Crippen LogP contribution in [0.3, 0.4) is 0 Å². The van der Waals surface area contributed by atoms with E-state index in [0.29, 0.717) is 0 Å². The van der Waals surface area contributed by atoms with E-state index in [4.69, 9.17) is 25.3 Å². The molecule has 37 heavy (non-hydrogen) atoms. The summed E-state index contributed by atoms with van der Waals surface area (Å²) in [4.78, 5) is 0. The molecular weight excluding hydrogens is 485 g/mol. The van der Waals surface area contributed by atoms with Gasteiger partial charge in [0, 0.05) is 10.5 Å². The van der Waals surface area contributed by atoms with Crippen LogP contribution < -0.4 is 0 Å². The van der Waals surface area contributed by atoms with Crippen molar-refractivity contribution in [1.82, 2.24) is 0 Å². The van der Waals surface area contributed by atoms with Gasteiger partial charge in [-0.25, -0.2) is 0 Å². The first-order valence-electron chi connectivity index (χ1n) is 12.7. The van der Waals surface area contributed by atoms with E-state index in [1.165, 1.54) is 54.9 Å². The zero-order chi connectivity index (χ0) is 25.0. The largest absolute Gasteiger partial charge is 0.170 e. The maximum Gasteiger partial charge on any atom is 0.0528 e. The number of hydrogen-bond donors (Lipinski definition) is 2. The second kappa shape index (κ2) is 8.83. The van der Waals surface area contributed by atoms with Crippen LogP contribution in [0.25, 0.3) is 32.7 Å². The maximum absolute atomic E-state index is 5.56. The van der Waals surface area contributed by atoms with Crippen LogP contribution in [0.5, 0.6) is 0 Å². The molecule has 0 spiro atoms. The second-order valence-corrected chi connectivity index (χ2v) is 10.9. The van der Waals surface area contributed by atoms with Crippen LogP contribution in [0, 0.1) is 0 Å². The highest BCUT2D eigenvalue weighted by Gasteiger charge is 2.53. The fourth-order valence-electron chi connectivity index (χ4n) is 6.51. The van der Waals surface area contributed by atoms with Gasteiger partial charge in [0.25, 0.3) is 0 Å². The van der Waals surface area contributed by atoms with Crippen LogP contribution in [-0.2, 0) is 5.41 Å². The Kier molecular flexibility index (Phi) is 5.42. The summed E-state index contributed by atoms with van der Waals surface area (Å²) in [6.07, 6.45) is 0. The molecule has 178 valence electrons. The molecule has 0 saturated heterocycles. The zero-order valence-electron chi connectivity index (χ0n) is 20.3. The Morgan fingerprint density at radius 2 is 0.784 bits per heavy atom. The van der Waals surface area contributed by atoms with Gasteiger partial charge in [0.15, 0.2) is 0 Å². The molecule has 0 saturated carbocycles. The average molecular weight is 511 g/mol. The third-order valence-corrected chi connectivity index (χ3v) is 9.51. The summed E-state index contributed by atoms with van der Waals surface area (Å²) >= 11 is 11.1. The van der Waals surface area contributed by atoms with E-state index in [0.717, 1.165) is 0 Å². The summed E-state index contributed by atoms with van der Waals surface area (Å²) in [6.45, 7) is 0. The molecule has 0 nitrogen and oxygen atoms in total. The van der Waals surface area contributed by atoms with Crippen LogP contribution in [0.4, 0.5) is 0 Å². The van der Waals surface area contributed by atoms with E-state index in [1.54, 1.807) is 0 Å². The molecule has 0 fully saturated rings. The lowest BCUT2D eigenvalue weighted by Crippen LogP contribution is -2.35. The molecule has 0 aromatic heterocycles. The fraction of sp³-hybridized carbons (Fsp3) is 0.0857. The number of hydrogen-bond acceptors (Lipinski definition) is 2. The molecule has 2 unspecified atom stereocenters. The summed E-state index contributed by atoms with van der Waals surface area (Å²) in [5.41, 5.74) is 7.09. The number of thiol groups is 2. The van der Waals surface area contributed by atoms with E-state index in [-0.39, 0.29) is 10.5 Å². The van der Waals surface area contributed by atoms with Gasteiger partial charge in [-0.1, -0.05) is 133 Å².